The number of piperidine rings is 1. The highest BCUT2D eigenvalue weighted by molar-refractivity contribution is 7.89. The number of halogens is 1. The van der Waals surface area contributed by atoms with E-state index in [1.807, 2.05) is 0 Å². The number of nitrogens with zero attached hydrogens (tertiary/aromatic N) is 2. The summed E-state index contributed by atoms with van der Waals surface area (Å²) in [5.41, 5.74) is 2.01. The Bertz CT molecular complexity index is 1150. The highest BCUT2D eigenvalue weighted by Gasteiger charge is 2.23. The summed E-state index contributed by atoms with van der Waals surface area (Å²) in [6, 6.07) is 11.3. The zero-order chi connectivity index (χ0) is 24.0. The van der Waals surface area contributed by atoms with Crippen molar-refractivity contribution in [1.29, 1.82) is 5.26 Å². The molecule has 176 valence electrons. The fourth-order valence-corrected chi connectivity index (χ4v) is 4.91. The minimum absolute atomic E-state index is 0.0134. The number of sulfonamides is 1. The predicted octanol–water partition coefficient (Wildman–Crippen LogP) is 3.58. The van der Waals surface area contributed by atoms with Gasteiger partial charge in [-0.15, -0.1) is 0 Å². The lowest BCUT2D eigenvalue weighted by atomic mass is 9.97. The van der Waals surface area contributed by atoms with Gasteiger partial charge < -0.3 is 9.64 Å². The van der Waals surface area contributed by atoms with Crippen LogP contribution in [-0.4, -0.2) is 44.2 Å². The number of amides is 1. The molecule has 1 saturated heterocycles. The van der Waals surface area contributed by atoms with Crippen LogP contribution in [-0.2, 0) is 21.4 Å². The number of hydrogen-bond donors (Lipinski definition) is 1. The summed E-state index contributed by atoms with van der Waals surface area (Å²) in [6.07, 6.45) is 1.75. The summed E-state index contributed by atoms with van der Waals surface area (Å²) >= 11 is 0. The largest absolute Gasteiger partial charge is 0.489 e. The first kappa shape index (κ1) is 24.7. The van der Waals surface area contributed by atoms with Crippen LogP contribution in [0, 0.1) is 17.1 Å². The number of benzene rings is 2. The van der Waals surface area contributed by atoms with Crippen LogP contribution in [0.25, 0.3) is 11.1 Å². The molecule has 1 aliphatic rings. The standard InChI is InChI=1S/C24H28FN3O4S/c1-3-12-33(30,31)27-16-19-4-6-21(25)14-23(19)18-5-7-24(20(13-18)15-26)32-22-8-10-28(11-9-22)17(2)29/h4-7,13-14,22,27H,3,8-12,16H2,1-2H3. The molecule has 0 aromatic heterocycles. The third-order valence-corrected chi connectivity index (χ3v) is 7.15. The Morgan fingerprint density at radius 3 is 2.61 bits per heavy atom. The van der Waals surface area contributed by atoms with Crippen molar-refractivity contribution < 1.29 is 22.3 Å². The SMILES string of the molecule is CCCS(=O)(=O)NCc1ccc(F)cc1-c1ccc(OC2CCN(C(C)=O)CC2)c(C#N)c1. The van der Waals surface area contributed by atoms with E-state index in [-0.39, 0.29) is 24.3 Å². The van der Waals surface area contributed by atoms with Crippen molar-refractivity contribution in [2.24, 2.45) is 0 Å². The Kier molecular flexibility index (Phi) is 8.06. The van der Waals surface area contributed by atoms with Crippen molar-refractivity contribution in [2.75, 3.05) is 18.8 Å². The molecule has 1 N–H and O–H groups in total. The van der Waals surface area contributed by atoms with Crippen molar-refractivity contribution in [3.8, 4) is 22.9 Å². The highest BCUT2D eigenvalue weighted by Crippen LogP contribution is 2.31. The van der Waals surface area contributed by atoms with Crippen LogP contribution in [0.3, 0.4) is 0 Å². The molecule has 33 heavy (non-hydrogen) atoms. The maximum Gasteiger partial charge on any atom is 0.219 e. The molecule has 0 unspecified atom stereocenters. The van der Waals surface area contributed by atoms with Gasteiger partial charge in [-0.2, -0.15) is 5.26 Å². The van der Waals surface area contributed by atoms with Gasteiger partial charge in [0.15, 0.2) is 0 Å². The molecule has 1 fully saturated rings. The van der Waals surface area contributed by atoms with E-state index in [1.54, 1.807) is 43.0 Å². The molecule has 2 aromatic carbocycles. The van der Waals surface area contributed by atoms with Gasteiger partial charge in [0, 0.05) is 39.4 Å². The highest BCUT2D eigenvalue weighted by atomic mass is 32.2. The average molecular weight is 474 g/mol. The lowest BCUT2D eigenvalue weighted by molar-refractivity contribution is -0.130. The van der Waals surface area contributed by atoms with Gasteiger partial charge in [-0.05, 0) is 47.4 Å². The van der Waals surface area contributed by atoms with E-state index in [0.29, 0.717) is 60.4 Å². The van der Waals surface area contributed by atoms with E-state index in [0.717, 1.165) is 0 Å². The number of nitrogens with one attached hydrogen (secondary N) is 1. The van der Waals surface area contributed by atoms with Crippen LogP contribution in [0.5, 0.6) is 5.75 Å². The molecule has 0 saturated carbocycles. The molecule has 7 nitrogen and oxygen atoms in total. The van der Waals surface area contributed by atoms with Crippen LogP contribution >= 0.6 is 0 Å². The third kappa shape index (κ3) is 6.53. The second-order valence-electron chi connectivity index (χ2n) is 8.09. The molecule has 1 amide bonds. The van der Waals surface area contributed by atoms with Crippen molar-refractivity contribution in [1.82, 2.24) is 9.62 Å². The molecule has 0 aliphatic carbocycles. The minimum atomic E-state index is -3.42. The molecule has 1 heterocycles. The lowest BCUT2D eigenvalue weighted by Crippen LogP contribution is -2.40. The summed E-state index contributed by atoms with van der Waals surface area (Å²) in [7, 11) is -3.42. The second-order valence-corrected chi connectivity index (χ2v) is 10.0. The number of likely N-dealkylation sites (tertiary alicyclic amines) is 1. The molecule has 0 spiro atoms. The van der Waals surface area contributed by atoms with Crippen LogP contribution in [0.4, 0.5) is 4.39 Å². The molecular formula is C24H28FN3O4S. The number of rotatable bonds is 8. The van der Waals surface area contributed by atoms with Gasteiger partial charge in [-0.3, -0.25) is 4.79 Å². The average Bonchev–Trinajstić information content (AvgIpc) is 2.79. The van der Waals surface area contributed by atoms with Crippen LogP contribution < -0.4 is 9.46 Å². The van der Waals surface area contributed by atoms with Gasteiger partial charge in [-0.1, -0.05) is 19.1 Å². The van der Waals surface area contributed by atoms with Gasteiger partial charge >= 0.3 is 0 Å². The van der Waals surface area contributed by atoms with Crippen molar-refractivity contribution in [3.63, 3.8) is 0 Å². The third-order valence-electron chi connectivity index (χ3n) is 5.62. The summed E-state index contributed by atoms with van der Waals surface area (Å²) in [4.78, 5) is 13.3. The van der Waals surface area contributed by atoms with Crippen LogP contribution in [0.15, 0.2) is 36.4 Å². The number of carbonyl (C=O) groups is 1. The number of carbonyl (C=O) groups excluding carboxylic acids is 1. The van der Waals surface area contributed by atoms with Gasteiger partial charge in [0.1, 0.15) is 23.7 Å². The zero-order valence-electron chi connectivity index (χ0n) is 18.8. The molecule has 9 heteroatoms. The Balaban J connectivity index is 1.81. The first-order valence-corrected chi connectivity index (χ1v) is 12.6. The van der Waals surface area contributed by atoms with Crippen molar-refractivity contribution in [2.45, 2.75) is 45.8 Å². The Hall–Kier alpha value is -2.96. The van der Waals surface area contributed by atoms with Gasteiger partial charge in [-0.25, -0.2) is 17.5 Å². The number of ether oxygens (including phenoxy) is 1. The summed E-state index contributed by atoms with van der Waals surface area (Å²) < 4.78 is 46.7. The van der Waals surface area contributed by atoms with Gasteiger partial charge in [0.2, 0.25) is 15.9 Å². The fraction of sp³-hybridized carbons (Fsp3) is 0.417. The van der Waals surface area contributed by atoms with E-state index in [1.165, 1.54) is 12.1 Å². The van der Waals surface area contributed by atoms with E-state index in [2.05, 4.69) is 10.8 Å². The molecule has 0 bridgehead atoms. The Labute approximate surface area is 194 Å². The predicted molar refractivity (Wildman–Crippen MR) is 123 cm³/mol. The summed E-state index contributed by atoms with van der Waals surface area (Å²) in [5.74, 6) is 0.0307. The maximum absolute atomic E-state index is 14.0. The smallest absolute Gasteiger partial charge is 0.219 e. The lowest BCUT2D eigenvalue weighted by Gasteiger charge is -2.31. The number of nitriles is 1. The van der Waals surface area contributed by atoms with E-state index < -0.39 is 15.8 Å². The monoisotopic (exact) mass is 473 g/mol. The summed E-state index contributed by atoms with van der Waals surface area (Å²) in [5, 5.41) is 9.68. The van der Waals surface area contributed by atoms with Crippen molar-refractivity contribution >= 4 is 15.9 Å². The van der Waals surface area contributed by atoms with E-state index in [9.17, 15) is 22.9 Å². The van der Waals surface area contributed by atoms with Gasteiger partial charge in [0.25, 0.3) is 0 Å². The van der Waals surface area contributed by atoms with Gasteiger partial charge in [0.05, 0.1) is 11.3 Å². The van der Waals surface area contributed by atoms with Crippen molar-refractivity contribution in [3.05, 3.63) is 53.3 Å². The van der Waals surface area contributed by atoms with E-state index >= 15 is 0 Å². The molecular weight excluding hydrogens is 445 g/mol. The Morgan fingerprint density at radius 2 is 1.97 bits per heavy atom. The topological polar surface area (TPSA) is 99.5 Å². The normalized spacial score (nSPS) is 14.7. The maximum atomic E-state index is 14.0. The fourth-order valence-electron chi connectivity index (χ4n) is 3.86. The molecule has 3 rings (SSSR count). The second kappa shape index (κ2) is 10.8. The van der Waals surface area contributed by atoms with Crippen LogP contribution in [0.2, 0.25) is 0 Å². The summed E-state index contributed by atoms with van der Waals surface area (Å²) in [6.45, 7) is 4.57. The first-order valence-electron chi connectivity index (χ1n) is 10.9. The number of hydrogen-bond acceptors (Lipinski definition) is 5. The minimum Gasteiger partial charge on any atom is -0.489 e. The molecule has 2 aromatic rings. The quantitative estimate of drug-likeness (QED) is 0.632. The Morgan fingerprint density at radius 1 is 1.24 bits per heavy atom. The molecule has 0 radical (unpaired) electrons. The van der Waals surface area contributed by atoms with Crippen LogP contribution in [0.1, 0.15) is 44.2 Å². The van der Waals surface area contributed by atoms with E-state index in [4.69, 9.17) is 4.74 Å². The zero-order valence-corrected chi connectivity index (χ0v) is 19.6. The molecule has 1 aliphatic heterocycles. The molecule has 0 atom stereocenters. The first-order chi connectivity index (χ1) is 15.7.